The number of carbonyl (C=O) groups is 2. The van der Waals surface area contributed by atoms with Gasteiger partial charge in [-0.3, -0.25) is 9.59 Å². The van der Waals surface area contributed by atoms with Crippen molar-refractivity contribution in [2.75, 3.05) is 7.11 Å². The molecule has 0 radical (unpaired) electrons. The number of rotatable bonds is 1. The van der Waals surface area contributed by atoms with Crippen LogP contribution in [0.1, 0.15) is 25.7 Å². The van der Waals surface area contributed by atoms with E-state index in [4.69, 9.17) is 0 Å². The Labute approximate surface area is 89.8 Å². The Kier molecular flexibility index (Phi) is 4.28. The Morgan fingerprint density at radius 2 is 2.27 bits per heavy atom. The summed E-state index contributed by atoms with van der Waals surface area (Å²) >= 11 is 0. The first kappa shape index (κ1) is 11.7. The van der Waals surface area contributed by atoms with Crippen LogP contribution >= 0.6 is 0 Å². The van der Waals surface area contributed by atoms with Crippen LogP contribution in [0.15, 0.2) is 24.3 Å². The number of hydrogen-bond donors (Lipinski definition) is 0. The van der Waals surface area contributed by atoms with E-state index in [0.29, 0.717) is 12.8 Å². The maximum Gasteiger partial charge on any atom is 0.316 e. The van der Waals surface area contributed by atoms with E-state index in [9.17, 15) is 9.59 Å². The second-order valence-corrected chi connectivity index (χ2v) is 3.71. The third kappa shape index (κ3) is 3.35. The molecule has 0 N–H and O–H groups in total. The molecule has 0 aromatic heterocycles. The summed E-state index contributed by atoms with van der Waals surface area (Å²) < 4.78 is 4.62. The van der Waals surface area contributed by atoms with Crippen molar-refractivity contribution in [3.63, 3.8) is 0 Å². The van der Waals surface area contributed by atoms with E-state index in [0.717, 1.165) is 18.4 Å². The molecule has 3 heteroatoms. The molecule has 0 aliphatic heterocycles. The van der Waals surface area contributed by atoms with Crippen LogP contribution in [0.4, 0.5) is 0 Å². The number of ether oxygens (including phenoxy) is 1. The Morgan fingerprint density at radius 1 is 1.53 bits per heavy atom. The lowest BCUT2D eigenvalue weighted by atomic mass is 9.93. The van der Waals surface area contributed by atoms with Crippen LogP contribution in [0, 0.1) is 5.92 Å². The fourth-order valence-corrected chi connectivity index (χ4v) is 1.61. The third-order valence-corrected chi connectivity index (χ3v) is 2.52. The third-order valence-electron chi connectivity index (χ3n) is 2.52. The topological polar surface area (TPSA) is 43.4 Å². The van der Waals surface area contributed by atoms with Crippen LogP contribution in [0.5, 0.6) is 0 Å². The highest BCUT2D eigenvalue weighted by atomic mass is 16.5. The zero-order valence-electron chi connectivity index (χ0n) is 8.99. The van der Waals surface area contributed by atoms with Gasteiger partial charge in [0.2, 0.25) is 0 Å². The molecular formula is C12H16O3. The highest BCUT2D eigenvalue weighted by molar-refractivity contribution is 5.99. The monoisotopic (exact) mass is 208 g/mol. The molecule has 82 valence electrons. The zero-order valence-corrected chi connectivity index (χ0v) is 8.99. The highest BCUT2D eigenvalue weighted by Gasteiger charge is 2.27. The van der Waals surface area contributed by atoms with Gasteiger partial charge in [0.1, 0.15) is 5.92 Å². The van der Waals surface area contributed by atoms with Crippen LogP contribution < -0.4 is 0 Å². The van der Waals surface area contributed by atoms with Crippen molar-refractivity contribution in [3.8, 4) is 0 Å². The molecule has 0 aromatic carbocycles. The molecule has 0 saturated heterocycles. The van der Waals surface area contributed by atoms with Crippen molar-refractivity contribution >= 4 is 11.8 Å². The van der Waals surface area contributed by atoms with Gasteiger partial charge in [-0.05, 0) is 19.3 Å². The smallest absolute Gasteiger partial charge is 0.316 e. The van der Waals surface area contributed by atoms with E-state index >= 15 is 0 Å². The van der Waals surface area contributed by atoms with Gasteiger partial charge in [0, 0.05) is 6.42 Å². The molecule has 0 heterocycles. The first-order valence-electron chi connectivity index (χ1n) is 5.07. The molecular weight excluding hydrogens is 192 g/mol. The summed E-state index contributed by atoms with van der Waals surface area (Å²) in [6, 6.07) is 0. The number of carbonyl (C=O) groups excluding carboxylic acids is 2. The van der Waals surface area contributed by atoms with Gasteiger partial charge < -0.3 is 4.74 Å². The Morgan fingerprint density at radius 3 is 2.93 bits per heavy atom. The standard InChI is InChI=1S/C12H16O3/c1-9-6-4-3-5-7-11(13)10(8-9)12(14)15-2/h3,5,10H,1,4,6-8H2,2H3/b5-3-. The number of ketones is 1. The summed E-state index contributed by atoms with van der Waals surface area (Å²) in [5.74, 6) is -1.19. The minimum Gasteiger partial charge on any atom is -0.468 e. The second-order valence-electron chi connectivity index (χ2n) is 3.71. The minimum atomic E-state index is -0.662. The molecule has 1 aliphatic rings. The lowest BCUT2D eigenvalue weighted by Gasteiger charge is -2.12. The van der Waals surface area contributed by atoms with Crippen LogP contribution in [0.25, 0.3) is 0 Å². The summed E-state index contributed by atoms with van der Waals surface area (Å²) in [5, 5.41) is 0. The van der Waals surface area contributed by atoms with Gasteiger partial charge in [-0.2, -0.15) is 0 Å². The number of esters is 1. The maximum absolute atomic E-state index is 11.7. The Hall–Kier alpha value is -1.38. The molecule has 1 aliphatic carbocycles. The largest absolute Gasteiger partial charge is 0.468 e. The molecule has 0 saturated carbocycles. The van der Waals surface area contributed by atoms with Gasteiger partial charge in [0.25, 0.3) is 0 Å². The van der Waals surface area contributed by atoms with Gasteiger partial charge >= 0.3 is 5.97 Å². The molecule has 1 rings (SSSR count). The summed E-state index contributed by atoms with van der Waals surface area (Å²) in [5.41, 5.74) is 0.935. The highest BCUT2D eigenvalue weighted by Crippen LogP contribution is 2.20. The molecule has 0 bridgehead atoms. The average Bonchev–Trinajstić information content (AvgIpc) is 2.30. The maximum atomic E-state index is 11.7. The minimum absolute atomic E-state index is 0.0823. The van der Waals surface area contributed by atoms with Crippen LogP contribution in [-0.2, 0) is 14.3 Å². The molecule has 0 spiro atoms. The predicted octanol–water partition coefficient (Wildman–Crippen LogP) is 2.03. The van der Waals surface area contributed by atoms with Gasteiger partial charge in [-0.1, -0.05) is 24.3 Å². The van der Waals surface area contributed by atoms with E-state index < -0.39 is 11.9 Å². The van der Waals surface area contributed by atoms with E-state index in [-0.39, 0.29) is 5.78 Å². The summed E-state index contributed by atoms with van der Waals surface area (Å²) in [7, 11) is 1.31. The SMILES string of the molecule is C=C1CC/C=C\CC(=O)C(C(=O)OC)C1. The van der Waals surface area contributed by atoms with Crippen molar-refractivity contribution in [1.82, 2.24) is 0 Å². The van der Waals surface area contributed by atoms with Crippen molar-refractivity contribution in [1.29, 1.82) is 0 Å². The van der Waals surface area contributed by atoms with Crippen LogP contribution in [0.3, 0.4) is 0 Å². The van der Waals surface area contributed by atoms with E-state index in [1.165, 1.54) is 7.11 Å². The van der Waals surface area contributed by atoms with E-state index in [1.807, 2.05) is 12.2 Å². The lowest BCUT2D eigenvalue weighted by molar-refractivity contribution is -0.149. The fraction of sp³-hybridized carbons (Fsp3) is 0.500. The first-order chi connectivity index (χ1) is 7.15. The van der Waals surface area contributed by atoms with Gasteiger partial charge in [-0.15, -0.1) is 0 Å². The zero-order chi connectivity index (χ0) is 11.3. The van der Waals surface area contributed by atoms with Crippen LogP contribution in [0.2, 0.25) is 0 Å². The van der Waals surface area contributed by atoms with Crippen LogP contribution in [-0.4, -0.2) is 18.9 Å². The molecule has 1 unspecified atom stereocenters. The van der Waals surface area contributed by atoms with Gasteiger partial charge in [0.05, 0.1) is 7.11 Å². The number of allylic oxidation sites excluding steroid dienone is 3. The summed E-state index contributed by atoms with van der Waals surface area (Å²) in [6.45, 7) is 3.86. The second kappa shape index (κ2) is 5.49. The molecule has 1 atom stereocenters. The van der Waals surface area contributed by atoms with Gasteiger partial charge in [-0.25, -0.2) is 0 Å². The van der Waals surface area contributed by atoms with E-state index in [2.05, 4.69) is 11.3 Å². The summed E-state index contributed by atoms with van der Waals surface area (Å²) in [4.78, 5) is 23.1. The van der Waals surface area contributed by atoms with Crippen molar-refractivity contribution in [2.24, 2.45) is 5.92 Å². The average molecular weight is 208 g/mol. The molecule has 3 nitrogen and oxygen atoms in total. The fourth-order valence-electron chi connectivity index (χ4n) is 1.61. The Bertz CT molecular complexity index is 302. The molecule has 15 heavy (non-hydrogen) atoms. The van der Waals surface area contributed by atoms with Crippen molar-refractivity contribution in [2.45, 2.75) is 25.7 Å². The number of Topliss-reactive ketones (excluding diaryl/α,β-unsaturated/α-hetero) is 1. The molecule has 0 fully saturated rings. The lowest BCUT2D eigenvalue weighted by Crippen LogP contribution is -2.25. The predicted molar refractivity (Wildman–Crippen MR) is 57.3 cm³/mol. The molecule has 0 aromatic rings. The van der Waals surface area contributed by atoms with Gasteiger partial charge in [0.15, 0.2) is 5.78 Å². The van der Waals surface area contributed by atoms with Crippen molar-refractivity contribution < 1.29 is 14.3 Å². The first-order valence-corrected chi connectivity index (χ1v) is 5.07. The molecule has 0 amide bonds. The van der Waals surface area contributed by atoms with Crippen molar-refractivity contribution in [3.05, 3.63) is 24.3 Å². The number of methoxy groups -OCH3 is 1. The summed E-state index contributed by atoms with van der Waals surface area (Å²) in [6.07, 6.45) is 6.23. The van der Waals surface area contributed by atoms with E-state index in [1.54, 1.807) is 0 Å². The normalized spacial score (nSPS) is 25.0. The quantitative estimate of drug-likeness (QED) is 0.376. The Balaban J connectivity index is 2.79. The number of hydrogen-bond acceptors (Lipinski definition) is 3.